The maximum atomic E-state index is 12.7. The first-order chi connectivity index (χ1) is 10.2. The summed E-state index contributed by atoms with van der Waals surface area (Å²) in [5, 5.41) is 2.64. The zero-order valence-corrected chi connectivity index (χ0v) is 15.0. The number of anilines is 1. The minimum atomic E-state index is -4.47. The molecule has 3 nitrogen and oxygen atoms in total. The lowest BCUT2D eigenvalue weighted by molar-refractivity contribution is -0.663. The highest BCUT2D eigenvalue weighted by molar-refractivity contribution is 6.03. The van der Waals surface area contributed by atoms with E-state index >= 15 is 0 Å². The molecule has 1 amide bonds. The molecule has 2 aromatic rings. The lowest BCUT2D eigenvalue weighted by Crippen LogP contribution is -3.00. The number of nitrogens with zero attached hydrogens (tertiary/aromatic N) is 1. The molecule has 124 valence electrons. The molecule has 1 N–H and O–H groups in total. The van der Waals surface area contributed by atoms with Gasteiger partial charge < -0.3 is 24.0 Å². The van der Waals surface area contributed by atoms with E-state index in [4.69, 9.17) is 0 Å². The van der Waals surface area contributed by atoms with Gasteiger partial charge in [0.05, 0.1) is 18.2 Å². The molecule has 0 fully saturated rings. The van der Waals surface area contributed by atoms with E-state index in [9.17, 15) is 18.0 Å². The SMILES string of the molecule is Cc1cc(C)[n+](C)c(NC(=O)c2cccc(C(F)(F)F)c2)c1.[I-]. The molecule has 1 aromatic heterocycles. The van der Waals surface area contributed by atoms with Crippen molar-refractivity contribution < 1.29 is 46.5 Å². The number of aryl methyl sites for hydroxylation is 2. The van der Waals surface area contributed by atoms with Gasteiger partial charge in [-0.25, -0.2) is 14.7 Å². The van der Waals surface area contributed by atoms with Crippen molar-refractivity contribution in [3.8, 4) is 0 Å². The van der Waals surface area contributed by atoms with Gasteiger partial charge in [0.2, 0.25) is 0 Å². The van der Waals surface area contributed by atoms with Crippen LogP contribution in [0, 0.1) is 13.8 Å². The fourth-order valence-corrected chi connectivity index (χ4v) is 2.12. The first kappa shape index (κ1) is 19.4. The van der Waals surface area contributed by atoms with E-state index in [-0.39, 0.29) is 29.5 Å². The van der Waals surface area contributed by atoms with E-state index in [1.165, 1.54) is 12.1 Å². The number of rotatable bonds is 2. The van der Waals surface area contributed by atoms with Crippen molar-refractivity contribution in [2.45, 2.75) is 20.0 Å². The summed E-state index contributed by atoms with van der Waals surface area (Å²) in [5.74, 6) is -0.0494. The van der Waals surface area contributed by atoms with Crippen LogP contribution in [0.4, 0.5) is 19.0 Å². The van der Waals surface area contributed by atoms with E-state index in [1.807, 2.05) is 19.9 Å². The zero-order chi connectivity index (χ0) is 16.5. The average Bonchev–Trinajstić information content (AvgIpc) is 2.43. The Morgan fingerprint density at radius 3 is 2.39 bits per heavy atom. The third kappa shape index (κ3) is 4.66. The molecule has 0 spiro atoms. The number of pyridine rings is 1. The number of benzene rings is 1. The Labute approximate surface area is 149 Å². The van der Waals surface area contributed by atoms with E-state index in [0.29, 0.717) is 5.82 Å². The van der Waals surface area contributed by atoms with Gasteiger partial charge in [0.15, 0.2) is 0 Å². The summed E-state index contributed by atoms with van der Waals surface area (Å²) >= 11 is 0. The number of nitrogens with one attached hydrogen (secondary N) is 1. The topological polar surface area (TPSA) is 33.0 Å². The van der Waals surface area contributed by atoms with Crippen molar-refractivity contribution in [1.29, 1.82) is 0 Å². The maximum absolute atomic E-state index is 12.7. The third-order valence-electron chi connectivity index (χ3n) is 3.39. The quantitative estimate of drug-likeness (QED) is 0.537. The van der Waals surface area contributed by atoms with Crippen molar-refractivity contribution >= 4 is 11.7 Å². The van der Waals surface area contributed by atoms with E-state index < -0.39 is 17.6 Å². The Morgan fingerprint density at radius 2 is 1.78 bits per heavy atom. The molecule has 0 unspecified atom stereocenters. The molecule has 0 radical (unpaired) electrons. The highest BCUT2D eigenvalue weighted by atomic mass is 127. The van der Waals surface area contributed by atoms with Gasteiger partial charge in [-0.1, -0.05) is 6.07 Å². The summed E-state index contributed by atoms with van der Waals surface area (Å²) in [4.78, 5) is 12.2. The predicted molar refractivity (Wildman–Crippen MR) is 76.5 cm³/mol. The van der Waals surface area contributed by atoms with Gasteiger partial charge in [0.1, 0.15) is 5.69 Å². The van der Waals surface area contributed by atoms with Crippen LogP contribution < -0.4 is 33.9 Å². The van der Waals surface area contributed by atoms with Crippen LogP contribution in [0.5, 0.6) is 0 Å². The van der Waals surface area contributed by atoms with Gasteiger partial charge in [-0.2, -0.15) is 13.2 Å². The molecule has 0 saturated heterocycles. The number of hydrogen-bond acceptors (Lipinski definition) is 1. The van der Waals surface area contributed by atoms with Crippen LogP contribution in [0.1, 0.15) is 27.2 Å². The molecular weight excluding hydrogens is 420 g/mol. The maximum Gasteiger partial charge on any atom is 0.416 e. The second-order valence-corrected chi connectivity index (χ2v) is 5.15. The molecule has 0 saturated carbocycles. The number of alkyl halides is 3. The Bertz CT molecular complexity index is 730. The van der Waals surface area contributed by atoms with Gasteiger partial charge in [0, 0.05) is 6.07 Å². The molecule has 0 atom stereocenters. The highest BCUT2D eigenvalue weighted by Crippen LogP contribution is 2.29. The number of carbonyl (C=O) groups is 1. The summed E-state index contributed by atoms with van der Waals surface area (Å²) in [6.07, 6.45) is -4.47. The summed E-state index contributed by atoms with van der Waals surface area (Å²) in [7, 11) is 1.77. The summed E-state index contributed by atoms with van der Waals surface area (Å²) in [5.41, 5.74) is 1.01. The molecule has 7 heteroatoms. The number of hydrogen-bond donors (Lipinski definition) is 1. The molecule has 2 rings (SSSR count). The lowest BCUT2D eigenvalue weighted by atomic mass is 10.1. The van der Waals surface area contributed by atoms with Gasteiger partial charge >= 0.3 is 12.1 Å². The standard InChI is InChI=1S/C16H15F3N2O.HI/c1-10-7-11(2)21(3)14(8-10)20-15(22)12-5-4-6-13(9-12)16(17,18)19;/h4-9H,1-3H3;1H. The molecule has 1 heterocycles. The number of halogens is 4. The second-order valence-electron chi connectivity index (χ2n) is 5.15. The van der Waals surface area contributed by atoms with Gasteiger partial charge in [-0.3, -0.25) is 0 Å². The van der Waals surface area contributed by atoms with Crippen LogP contribution in [0.15, 0.2) is 36.4 Å². The van der Waals surface area contributed by atoms with Crippen LogP contribution >= 0.6 is 0 Å². The molecule has 23 heavy (non-hydrogen) atoms. The minimum absolute atomic E-state index is 0. The smallest absolute Gasteiger partial charge is 0.416 e. The van der Waals surface area contributed by atoms with E-state index in [2.05, 4.69) is 5.32 Å². The largest absolute Gasteiger partial charge is 1.00 e. The van der Waals surface area contributed by atoms with E-state index in [1.54, 1.807) is 17.7 Å². The Kier molecular flexibility index (Phi) is 6.15. The number of carbonyl (C=O) groups excluding carboxylic acids is 1. The molecule has 1 aromatic carbocycles. The van der Waals surface area contributed by atoms with Crippen LogP contribution in [0.2, 0.25) is 0 Å². The number of amides is 1. The first-order valence-electron chi connectivity index (χ1n) is 6.64. The number of aromatic nitrogens is 1. The fraction of sp³-hybridized carbons (Fsp3) is 0.250. The van der Waals surface area contributed by atoms with Crippen molar-refractivity contribution in [2.75, 3.05) is 5.32 Å². The van der Waals surface area contributed by atoms with Crippen LogP contribution in [-0.4, -0.2) is 5.91 Å². The van der Waals surface area contributed by atoms with Gasteiger partial charge in [-0.15, -0.1) is 0 Å². The normalized spacial score (nSPS) is 10.9. The third-order valence-corrected chi connectivity index (χ3v) is 3.39. The first-order valence-corrected chi connectivity index (χ1v) is 6.64. The Balaban J connectivity index is 0.00000264. The zero-order valence-electron chi connectivity index (χ0n) is 12.8. The average molecular weight is 436 g/mol. The van der Waals surface area contributed by atoms with Crippen molar-refractivity contribution in [2.24, 2.45) is 7.05 Å². The highest BCUT2D eigenvalue weighted by Gasteiger charge is 2.31. The predicted octanol–water partition coefficient (Wildman–Crippen LogP) is 0.403. The van der Waals surface area contributed by atoms with Crippen LogP contribution in [-0.2, 0) is 13.2 Å². The Morgan fingerprint density at radius 1 is 1.13 bits per heavy atom. The van der Waals surface area contributed by atoms with Gasteiger partial charge in [-0.05, 0) is 43.7 Å². The van der Waals surface area contributed by atoms with Crippen LogP contribution in [0.25, 0.3) is 0 Å². The van der Waals surface area contributed by atoms with Crippen molar-refractivity contribution in [3.05, 3.63) is 58.8 Å². The molecule has 0 bridgehead atoms. The monoisotopic (exact) mass is 436 g/mol. The molecule has 0 aliphatic heterocycles. The summed E-state index contributed by atoms with van der Waals surface area (Å²) in [6.45, 7) is 3.76. The lowest BCUT2D eigenvalue weighted by Gasteiger charge is -2.08. The van der Waals surface area contributed by atoms with E-state index in [0.717, 1.165) is 23.4 Å². The van der Waals surface area contributed by atoms with Crippen molar-refractivity contribution in [1.82, 2.24) is 0 Å². The van der Waals surface area contributed by atoms with Crippen molar-refractivity contribution in [3.63, 3.8) is 0 Å². The summed E-state index contributed by atoms with van der Waals surface area (Å²) < 4.78 is 39.8. The summed E-state index contributed by atoms with van der Waals surface area (Å²) in [6, 6.07) is 8.07. The minimum Gasteiger partial charge on any atom is -1.00 e. The Hall–Kier alpha value is -1.64. The second kappa shape index (κ2) is 7.29. The fourth-order valence-electron chi connectivity index (χ4n) is 2.12. The molecule has 0 aliphatic rings. The molecule has 0 aliphatic carbocycles. The molecular formula is C16H16F3IN2O. The van der Waals surface area contributed by atoms with Gasteiger partial charge in [0.25, 0.3) is 5.82 Å². The van der Waals surface area contributed by atoms with Crippen LogP contribution in [0.3, 0.4) is 0 Å².